The average molecular weight is 253 g/mol. The monoisotopic (exact) mass is 253 g/mol. The SMILES string of the molecule is CS(=O)(=O)c1nnc(-c2cccc(CN)c2)o1. The van der Waals surface area contributed by atoms with E-state index < -0.39 is 9.84 Å². The molecule has 0 atom stereocenters. The first-order valence-electron chi connectivity index (χ1n) is 4.83. The van der Waals surface area contributed by atoms with Crippen LogP contribution in [0.15, 0.2) is 33.9 Å². The third kappa shape index (κ3) is 2.51. The summed E-state index contributed by atoms with van der Waals surface area (Å²) < 4.78 is 27.5. The van der Waals surface area contributed by atoms with E-state index in [0.717, 1.165) is 11.8 Å². The van der Waals surface area contributed by atoms with Crippen LogP contribution in [0.3, 0.4) is 0 Å². The fraction of sp³-hybridized carbons (Fsp3) is 0.200. The van der Waals surface area contributed by atoms with Gasteiger partial charge in [-0.05, 0) is 17.7 Å². The van der Waals surface area contributed by atoms with E-state index >= 15 is 0 Å². The molecule has 0 saturated heterocycles. The predicted molar refractivity (Wildman–Crippen MR) is 60.7 cm³/mol. The maximum atomic E-state index is 11.2. The zero-order valence-electron chi connectivity index (χ0n) is 9.12. The molecule has 1 aromatic carbocycles. The Bertz CT molecular complexity index is 634. The summed E-state index contributed by atoms with van der Waals surface area (Å²) in [5, 5.41) is 6.79. The summed E-state index contributed by atoms with van der Waals surface area (Å²) in [6.45, 7) is 0.390. The molecule has 2 N–H and O–H groups in total. The summed E-state index contributed by atoms with van der Waals surface area (Å²) in [5.74, 6) is 0.167. The lowest BCUT2D eigenvalue weighted by atomic mass is 10.1. The maximum absolute atomic E-state index is 11.2. The molecule has 2 rings (SSSR count). The fourth-order valence-corrected chi connectivity index (χ4v) is 1.73. The summed E-state index contributed by atoms with van der Waals surface area (Å²) >= 11 is 0. The highest BCUT2D eigenvalue weighted by Crippen LogP contribution is 2.20. The van der Waals surface area contributed by atoms with Crippen molar-refractivity contribution in [1.82, 2.24) is 10.2 Å². The molecule has 0 unspecified atom stereocenters. The van der Waals surface area contributed by atoms with Gasteiger partial charge in [0.05, 0.1) is 0 Å². The Balaban J connectivity index is 2.43. The van der Waals surface area contributed by atoms with Gasteiger partial charge in [-0.2, -0.15) is 0 Å². The van der Waals surface area contributed by atoms with E-state index in [9.17, 15) is 8.42 Å². The minimum Gasteiger partial charge on any atom is -0.408 e. The molecule has 0 aliphatic rings. The van der Waals surface area contributed by atoms with Crippen LogP contribution in [0, 0.1) is 0 Å². The molecule has 0 spiro atoms. The molecule has 0 aliphatic carbocycles. The summed E-state index contributed by atoms with van der Waals surface area (Å²) in [6.07, 6.45) is 1.01. The van der Waals surface area contributed by atoms with Crippen LogP contribution >= 0.6 is 0 Å². The van der Waals surface area contributed by atoms with Gasteiger partial charge in [-0.25, -0.2) is 8.42 Å². The van der Waals surface area contributed by atoms with Crippen molar-refractivity contribution in [1.29, 1.82) is 0 Å². The van der Waals surface area contributed by atoms with Gasteiger partial charge in [-0.1, -0.05) is 17.2 Å². The highest BCUT2D eigenvalue weighted by atomic mass is 32.2. The Morgan fingerprint density at radius 1 is 1.35 bits per heavy atom. The topological polar surface area (TPSA) is 99.1 Å². The Morgan fingerprint density at radius 3 is 2.71 bits per heavy atom. The van der Waals surface area contributed by atoms with Crippen LogP contribution in [0.25, 0.3) is 11.5 Å². The van der Waals surface area contributed by atoms with Crippen LogP contribution in [0.1, 0.15) is 5.56 Å². The molecule has 7 heteroatoms. The normalized spacial score (nSPS) is 11.6. The second-order valence-corrected chi connectivity index (χ2v) is 5.44. The molecular weight excluding hydrogens is 242 g/mol. The standard InChI is InChI=1S/C10H11N3O3S/c1-17(14,15)10-13-12-9(16-10)8-4-2-3-7(5-8)6-11/h2-5H,6,11H2,1H3. The van der Waals surface area contributed by atoms with E-state index in [1.165, 1.54) is 0 Å². The quantitative estimate of drug-likeness (QED) is 0.859. The first kappa shape index (κ1) is 11.7. The number of nitrogens with two attached hydrogens (primary N) is 1. The second-order valence-electron chi connectivity index (χ2n) is 3.55. The molecule has 1 aromatic heterocycles. The van der Waals surface area contributed by atoms with Crippen molar-refractivity contribution in [3.63, 3.8) is 0 Å². The van der Waals surface area contributed by atoms with Crippen LogP contribution in [0.5, 0.6) is 0 Å². The molecule has 6 nitrogen and oxygen atoms in total. The zero-order valence-corrected chi connectivity index (χ0v) is 9.94. The molecule has 0 radical (unpaired) electrons. The lowest BCUT2D eigenvalue weighted by Gasteiger charge is -1.98. The summed E-state index contributed by atoms with van der Waals surface area (Å²) in [4.78, 5) is 0. The number of aromatic nitrogens is 2. The molecule has 1 heterocycles. The lowest BCUT2D eigenvalue weighted by molar-refractivity contribution is 0.442. The van der Waals surface area contributed by atoms with Crippen molar-refractivity contribution in [2.45, 2.75) is 11.8 Å². The molecule has 0 amide bonds. The highest BCUT2D eigenvalue weighted by Gasteiger charge is 2.17. The summed E-state index contributed by atoms with van der Waals surface area (Å²) in [5.41, 5.74) is 7.06. The van der Waals surface area contributed by atoms with Gasteiger partial charge in [0, 0.05) is 18.4 Å². The van der Waals surface area contributed by atoms with Crippen molar-refractivity contribution >= 4 is 9.84 Å². The summed E-state index contributed by atoms with van der Waals surface area (Å²) in [6, 6.07) is 7.18. The van der Waals surface area contributed by atoms with Gasteiger partial charge in [0.1, 0.15) is 0 Å². The number of nitrogens with zero attached hydrogens (tertiary/aromatic N) is 2. The third-order valence-electron chi connectivity index (χ3n) is 2.13. The van der Waals surface area contributed by atoms with Crippen molar-refractivity contribution < 1.29 is 12.8 Å². The van der Waals surface area contributed by atoms with E-state index in [0.29, 0.717) is 12.1 Å². The molecule has 2 aromatic rings. The Labute approximate surface area is 98.4 Å². The van der Waals surface area contributed by atoms with Gasteiger partial charge < -0.3 is 10.2 Å². The average Bonchev–Trinajstić information content (AvgIpc) is 2.78. The van der Waals surface area contributed by atoms with Crippen LogP contribution in [0.4, 0.5) is 0 Å². The number of benzene rings is 1. The van der Waals surface area contributed by atoms with Gasteiger partial charge in [0.2, 0.25) is 15.7 Å². The Hall–Kier alpha value is -1.73. The highest BCUT2D eigenvalue weighted by molar-refractivity contribution is 7.90. The van der Waals surface area contributed by atoms with E-state index in [4.69, 9.17) is 10.2 Å². The number of rotatable bonds is 3. The van der Waals surface area contributed by atoms with Crippen LogP contribution in [0.2, 0.25) is 0 Å². The van der Waals surface area contributed by atoms with E-state index in [2.05, 4.69) is 10.2 Å². The van der Waals surface area contributed by atoms with E-state index in [-0.39, 0.29) is 11.1 Å². The van der Waals surface area contributed by atoms with Crippen molar-refractivity contribution in [2.24, 2.45) is 5.73 Å². The molecule has 90 valence electrons. The first-order valence-corrected chi connectivity index (χ1v) is 6.73. The van der Waals surface area contributed by atoms with Crippen LogP contribution < -0.4 is 5.73 Å². The molecular formula is C10H11N3O3S. The first-order chi connectivity index (χ1) is 8.00. The summed E-state index contributed by atoms with van der Waals surface area (Å²) in [7, 11) is -3.47. The number of hydrogen-bond acceptors (Lipinski definition) is 6. The fourth-order valence-electron chi connectivity index (χ4n) is 1.31. The molecule has 0 bridgehead atoms. The van der Waals surface area contributed by atoms with Gasteiger partial charge in [-0.15, -0.1) is 5.10 Å². The van der Waals surface area contributed by atoms with Crippen LogP contribution in [-0.2, 0) is 16.4 Å². The second kappa shape index (κ2) is 4.27. The van der Waals surface area contributed by atoms with Gasteiger partial charge in [-0.3, -0.25) is 0 Å². The minimum absolute atomic E-state index is 0.167. The van der Waals surface area contributed by atoms with Crippen molar-refractivity contribution in [2.75, 3.05) is 6.26 Å². The largest absolute Gasteiger partial charge is 0.408 e. The molecule has 0 fully saturated rings. The third-order valence-corrected chi connectivity index (χ3v) is 2.93. The minimum atomic E-state index is -3.47. The van der Waals surface area contributed by atoms with E-state index in [1.807, 2.05) is 6.07 Å². The predicted octanol–water partition coefficient (Wildman–Crippen LogP) is 0.599. The Kier molecular flexibility index (Phi) is 2.95. The molecule has 0 saturated carbocycles. The van der Waals surface area contributed by atoms with Crippen molar-refractivity contribution in [3.05, 3.63) is 29.8 Å². The molecule has 0 aliphatic heterocycles. The van der Waals surface area contributed by atoms with Gasteiger partial charge >= 0.3 is 5.22 Å². The Morgan fingerprint density at radius 2 is 2.12 bits per heavy atom. The van der Waals surface area contributed by atoms with Crippen LogP contribution in [-0.4, -0.2) is 24.9 Å². The lowest BCUT2D eigenvalue weighted by Crippen LogP contribution is -1.96. The smallest absolute Gasteiger partial charge is 0.335 e. The van der Waals surface area contributed by atoms with E-state index in [1.54, 1.807) is 18.2 Å². The zero-order chi connectivity index (χ0) is 12.5. The molecule has 17 heavy (non-hydrogen) atoms. The number of hydrogen-bond donors (Lipinski definition) is 1. The van der Waals surface area contributed by atoms with Gasteiger partial charge in [0.15, 0.2) is 0 Å². The van der Waals surface area contributed by atoms with Crippen molar-refractivity contribution in [3.8, 4) is 11.5 Å². The number of sulfone groups is 1. The maximum Gasteiger partial charge on any atom is 0.335 e. The van der Waals surface area contributed by atoms with Gasteiger partial charge in [0.25, 0.3) is 0 Å².